The molecule has 200 valence electrons. The number of nitrogens with one attached hydrogen (secondary N) is 2. The molecule has 1 aromatic carbocycles. The summed E-state index contributed by atoms with van der Waals surface area (Å²) in [5.41, 5.74) is 1.16. The fraction of sp³-hybridized carbons (Fsp3) is 0.577. The molecule has 3 N–H and O–H groups in total. The predicted molar refractivity (Wildman–Crippen MR) is 132 cm³/mol. The molecule has 37 heavy (non-hydrogen) atoms. The van der Waals surface area contributed by atoms with Crippen molar-refractivity contribution in [3.05, 3.63) is 30.0 Å². The van der Waals surface area contributed by atoms with Gasteiger partial charge in [0.1, 0.15) is 18.4 Å². The summed E-state index contributed by atoms with van der Waals surface area (Å²) >= 11 is 0. The fourth-order valence-corrected chi connectivity index (χ4v) is 6.56. The van der Waals surface area contributed by atoms with Crippen molar-refractivity contribution in [3.8, 4) is 0 Å². The molecule has 2 fully saturated rings. The Kier molecular flexibility index (Phi) is 6.59. The Hall–Kier alpha value is -3.21. The van der Waals surface area contributed by atoms with Crippen LogP contribution in [0.25, 0.3) is 10.9 Å². The number of halogens is 2. The molecule has 3 heterocycles. The molecule has 0 spiro atoms. The molecular weight excluding hydrogens is 486 g/mol. The first-order valence-corrected chi connectivity index (χ1v) is 12.9. The van der Waals surface area contributed by atoms with E-state index >= 15 is 0 Å². The molecule has 9 nitrogen and oxygen atoms in total. The molecule has 3 aliphatic rings. The summed E-state index contributed by atoms with van der Waals surface area (Å²) in [7, 11) is 0. The third kappa shape index (κ3) is 4.22. The highest BCUT2D eigenvalue weighted by molar-refractivity contribution is 5.99. The lowest BCUT2D eigenvalue weighted by atomic mass is 9.76. The van der Waals surface area contributed by atoms with Crippen molar-refractivity contribution >= 4 is 34.7 Å². The third-order valence-electron chi connectivity index (χ3n) is 8.30. The number of aromatic nitrogens is 1. The van der Waals surface area contributed by atoms with Crippen LogP contribution in [0, 0.1) is 11.8 Å². The highest BCUT2D eigenvalue weighted by Crippen LogP contribution is 2.45. The Morgan fingerprint density at radius 1 is 1.11 bits per heavy atom. The number of hydrogen-bond acceptors (Lipinski definition) is 5. The Labute approximate surface area is 213 Å². The number of ether oxygens (including phenoxy) is 1. The highest BCUT2D eigenvalue weighted by Gasteiger charge is 2.56. The van der Waals surface area contributed by atoms with Crippen molar-refractivity contribution in [3.63, 3.8) is 0 Å². The summed E-state index contributed by atoms with van der Waals surface area (Å²) in [5, 5.41) is 14.3. The molecule has 2 unspecified atom stereocenters. The number of rotatable bonds is 6. The standard InChI is InChI=1S/C26H32F2N4O5/c1-14(27)26(15(2)28)21-12-17-8-9-18(13-20(17)32(21)25(36)37-26)29-23(33)22-19(16-6-4-3-5-7-16)10-11-31(22)30-24(34)35/h8-9,12-16,19,22,30H,3-7,10-11H2,1-2H3,(H,29,33)(H,34,35)/t14?,15?,19-,22-,26?/m0/s1. The van der Waals surface area contributed by atoms with Crippen molar-refractivity contribution in [2.45, 2.75) is 76.4 Å². The van der Waals surface area contributed by atoms with E-state index in [1.165, 1.54) is 17.5 Å². The Morgan fingerprint density at radius 3 is 2.46 bits per heavy atom. The van der Waals surface area contributed by atoms with Gasteiger partial charge in [0.25, 0.3) is 0 Å². The minimum Gasteiger partial charge on any atom is -0.464 e. The van der Waals surface area contributed by atoms with Gasteiger partial charge in [-0.05, 0) is 50.3 Å². The van der Waals surface area contributed by atoms with Gasteiger partial charge in [-0.1, -0.05) is 38.2 Å². The predicted octanol–water partition coefficient (Wildman–Crippen LogP) is 4.94. The van der Waals surface area contributed by atoms with E-state index in [0.29, 0.717) is 35.5 Å². The van der Waals surface area contributed by atoms with Crippen LogP contribution in [-0.2, 0) is 15.1 Å². The van der Waals surface area contributed by atoms with Gasteiger partial charge in [0, 0.05) is 17.6 Å². The van der Waals surface area contributed by atoms with Crippen LogP contribution in [-0.4, -0.2) is 57.7 Å². The first-order chi connectivity index (χ1) is 17.6. The first-order valence-electron chi connectivity index (χ1n) is 12.9. The first kappa shape index (κ1) is 25.4. The number of hydrogen-bond donors (Lipinski definition) is 3. The number of carbonyl (C=O) groups excluding carboxylic acids is 2. The maximum Gasteiger partial charge on any atom is 0.420 e. The summed E-state index contributed by atoms with van der Waals surface area (Å²) < 4.78 is 35.6. The fourth-order valence-electron chi connectivity index (χ4n) is 6.56. The van der Waals surface area contributed by atoms with Crippen molar-refractivity contribution in [2.24, 2.45) is 11.8 Å². The van der Waals surface area contributed by atoms with Gasteiger partial charge in [-0.2, -0.15) is 0 Å². The van der Waals surface area contributed by atoms with E-state index in [0.717, 1.165) is 44.1 Å². The summed E-state index contributed by atoms with van der Waals surface area (Å²) in [6.07, 6.45) is 0.445. The van der Waals surface area contributed by atoms with Gasteiger partial charge in [0.15, 0.2) is 0 Å². The zero-order valence-electron chi connectivity index (χ0n) is 20.9. The molecule has 1 saturated heterocycles. The highest BCUT2D eigenvalue weighted by atomic mass is 19.1. The number of nitrogens with zero attached hydrogens (tertiary/aromatic N) is 2. The van der Waals surface area contributed by atoms with Gasteiger partial charge < -0.3 is 15.2 Å². The molecule has 11 heteroatoms. The number of carbonyl (C=O) groups is 3. The SMILES string of the molecule is CC(F)C1(C(C)F)OC(=O)n2c1cc1ccc(NC(=O)[C@@H]3[C@H](C4CCCCC4)CCN3NC(=O)O)cc12. The molecule has 2 amide bonds. The smallest absolute Gasteiger partial charge is 0.420 e. The average Bonchev–Trinajstić information content (AvgIpc) is 3.51. The summed E-state index contributed by atoms with van der Waals surface area (Å²) in [4.78, 5) is 37.6. The van der Waals surface area contributed by atoms with Crippen molar-refractivity contribution in [1.82, 2.24) is 15.0 Å². The Bertz CT molecular complexity index is 1220. The van der Waals surface area contributed by atoms with Gasteiger partial charge in [0.2, 0.25) is 11.5 Å². The number of carboxylic acid groups (broad SMARTS) is 1. The van der Waals surface area contributed by atoms with Gasteiger partial charge in [0.05, 0.1) is 11.2 Å². The molecule has 1 aliphatic carbocycles. The van der Waals surface area contributed by atoms with E-state index in [-0.39, 0.29) is 17.5 Å². The van der Waals surface area contributed by atoms with Crippen LogP contribution < -0.4 is 10.7 Å². The van der Waals surface area contributed by atoms with E-state index in [4.69, 9.17) is 4.74 Å². The second-order valence-corrected chi connectivity index (χ2v) is 10.4. The molecule has 2 aliphatic heterocycles. The van der Waals surface area contributed by atoms with E-state index in [9.17, 15) is 28.3 Å². The third-order valence-corrected chi connectivity index (χ3v) is 8.30. The maximum absolute atomic E-state index is 14.6. The van der Waals surface area contributed by atoms with Crippen LogP contribution in [0.3, 0.4) is 0 Å². The lowest BCUT2D eigenvalue weighted by Crippen LogP contribution is -2.52. The maximum atomic E-state index is 14.6. The van der Waals surface area contributed by atoms with Crippen molar-refractivity contribution < 1.29 is 33.0 Å². The molecule has 4 atom stereocenters. The molecule has 5 rings (SSSR count). The van der Waals surface area contributed by atoms with Crippen molar-refractivity contribution in [2.75, 3.05) is 11.9 Å². The number of cyclic esters (lactones) is 1. The van der Waals surface area contributed by atoms with E-state index < -0.39 is 36.2 Å². The van der Waals surface area contributed by atoms with Crippen LogP contribution in [0.1, 0.15) is 58.1 Å². The average molecular weight is 519 g/mol. The minimum atomic E-state index is -2.04. The summed E-state index contributed by atoms with van der Waals surface area (Å²) in [6, 6.07) is 5.75. The zero-order chi connectivity index (χ0) is 26.5. The van der Waals surface area contributed by atoms with E-state index in [2.05, 4.69) is 10.7 Å². The topological polar surface area (TPSA) is 113 Å². The number of hydrazine groups is 1. The normalized spacial score (nSPS) is 28.1. The summed E-state index contributed by atoms with van der Waals surface area (Å²) in [6.45, 7) is 2.75. The lowest BCUT2D eigenvalue weighted by Gasteiger charge is -2.33. The number of benzene rings is 1. The molecular formula is C26H32F2N4O5. The lowest BCUT2D eigenvalue weighted by molar-refractivity contribution is -0.123. The number of fused-ring (bicyclic) bond motifs is 3. The number of alkyl halides is 2. The molecule has 2 aromatic rings. The second-order valence-electron chi connectivity index (χ2n) is 10.4. The monoisotopic (exact) mass is 518 g/mol. The molecule has 1 aromatic heterocycles. The van der Waals surface area contributed by atoms with Gasteiger partial charge in [-0.3, -0.25) is 10.2 Å². The minimum absolute atomic E-state index is 0.0149. The number of anilines is 1. The quantitative estimate of drug-likeness (QED) is 0.499. The van der Waals surface area contributed by atoms with Crippen LogP contribution in [0.15, 0.2) is 24.3 Å². The van der Waals surface area contributed by atoms with Gasteiger partial charge in [-0.15, -0.1) is 0 Å². The molecule has 1 saturated carbocycles. The second kappa shape index (κ2) is 9.59. The molecule has 0 radical (unpaired) electrons. The number of amides is 2. The molecule has 0 bridgehead atoms. The largest absolute Gasteiger partial charge is 0.464 e. The van der Waals surface area contributed by atoms with E-state index in [1.807, 2.05) is 0 Å². The van der Waals surface area contributed by atoms with Gasteiger partial charge >= 0.3 is 12.2 Å². The zero-order valence-corrected chi connectivity index (χ0v) is 20.9. The van der Waals surface area contributed by atoms with Crippen LogP contribution in [0.4, 0.5) is 24.1 Å². The Balaban J connectivity index is 1.45. The van der Waals surface area contributed by atoms with Crippen LogP contribution in [0.2, 0.25) is 0 Å². The van der Waals surface area contributed by atoms with Crippen LogP contribution >= 0.6 is 0 Å². The van der Waals surface area contributed by atoms with Crippen LogP contribution in [0.5, 0.6) is 0 Å². The van der Waals surface area contributed by atoms with Gasteiger partial charge in [-0.25, -0.2) is 27.9 Å². The Morgan fingerprint density at radius 2 is 1.81 bits per heavy atom. The summed E-state index contributed by atoms with van der Waals surface area (Å²) in [5.74, 6) is 0.0110. The van der Waals surface area contributed by atoms with E-state index in [1.54, 1.807) is 18.2 Å². The van der Waals surface area contributed by atoms with Crippen molar-refractivity contribution in [1.29, 1.82) is 0 Å².